The first-order valence-electron chi connectivity index (χ1n) is 8.63. The summed E-state index contributed by atoms with van der Waals surface area (Å²) in [5.74, 6) is 0.972. The van der Waals surface area contributed by atoms with Crippen molar-refractivity contribution in [3.05, 3.63) is 57.8 Å². The molecule has 3 rings (SSSR count). The summed E-state index contributed by atoms with van der Waals surface area (Å²) in [4.78, 5) is 0. The van der Waals surface area contributed by atoms with E-state index in [0.717, 1.165) is 16.6 Å². The topological polar surface area (TPSA) is 30.5 Å². The van der Waals surface area contributed by atoms with E-state index in [0.29, 0.717) is 23.1 Å². The predicted octanol–water partition coefficient (Wildman–Crippen LogP) is 5.63. The summed E-state index contributed by atoms with van der Waals surface area (Å²) in [7, 11) is 1.62. The molecule has 0 amide bonds. The van der Waals surface area contributed by atoms with Gasteiger partial charge in [0.2, 0.25) is 0 Å². The summed E-state index contributed by atoms with van der Waals surface area (Å²) in [5, 5.41) is 3.59. The molecule has 0 aliphatic heterocycles. The lowest BCUT2D eigenvalue weighted by molar-refractivity contribution is 0.277. The lowest BCUT2D eigenvalue weighted by Gasteiger charge is -2.16. The van der Waals surface area contributed by atoms with Crippen LogP contribution in [0.15, 0.2) is 40.9 Å². The van der Waals surface area contributed by atoms with Crippen molar-refractivity contribution < 1.29 is 13.9 Å². The van der Waals surface area contributed by atoms with Crippen LogP contribution in [0, 0.1) is 5.82 Å². The Labute approximate surface area is 168 Å². The second kappa shape index (κ2) is 10.1. The molecule has 1 N–H and O–H groups in total. The number of hydrogen-bond donors (Lipinski definition) is 1. The number of hydrogen-bond acceptors (Lipinski definition) is 3. The van der Waals surface area contributed by atoms with Crippen LogP contribution < -0.4 is 14.8 Å². The van der Waals surface area contributed by atoms with Crippen LogP contribution in [0.5, 0.6) is 11.5 Å². The number of nitrogens with one attached hydrogen (secondary N) is 1. The van der Waals surface area contributed by atoms with Gasteiger partial charge in [-0.2, -0.15) is 0 Å². The molecule has 0 bridgehead atoms. The Morgan fingerprint density at radius 3 is 2.62 bits per heavy atom. The smallest absolute Gasteiger partial charge is 0.175 e. The zero-order chi connectivity index (χ0) is 17.6. The molecule has 2 aromatic rings. The molecule has 0 aromatic heterocycles. The summed E-state index contributed by atoms with van der Waals surface area (Å²) in [6, 6.07) is 11.2. The van der Waals surface area contributed by atoms with Crippen molar-refractivity contribution in [3.63, 3.8) is 0 Å². The van der Waals surface area contributed by atoms with Crippen molar-refractivity contribution in [2.24, 2.45) is 0 Å². The average Bonchev–Trinajstić information content (AvgIpc) is 3.13. The van der Waals surface area contributed by atoms with Gasteiger partial charge in [-0.1, -0.05) is 31.0 Å². The van der Waals surface area contributed by atoms with Gasteiger partial charge in [-0.05, 0) is 52.5 Å². The molecule has 0 atom stereocenters. The van der Waals surface area contributed by atoms with Crippen LogP contribution in [-0.4, -0.2) is 13.2 Å². The van der Waals surface area contributed by atoms with Crippen LogP contribution in [0.4, 0.5) is 4.39 Å². The summed E-state index contributed by atoms with van der Waals surface area (Å²) in [5.41, 5.74) is 1.65. The van der Waals surface area contributed by atoms with Gasteiger partial charge >= 0.3 is 0 Å². The molecular formula is C20H24BrClFNO2. The van der Waals surface area contributed by atoms with E-state index in [1.807, 2.05) is 12.1 Å². The fraction of sp³-hybridized carbons (Fsp3) is 0.400. The van der Waals surface area contributed by atoms with Gasteiger partial charge in [0.1, 0.15) is 12.4 Å². The van der Waals surface area contributed by atoms with E-state index in [-0.39, 0.29) is 24.8 Å². The Hall–Kier alpha value is -1.30. The van der Waals surface area contributed by atoms with Gasteiger partial charge in [0.25, 0.3) is 0 Å². The van der Waals surface area contributed by atoms with Crippen molar-refractivity contribution >= 4 is 28.3 Å². The van der Waals surface area contributed by atoms with Crippen molar-refractivity contribution in [2.45, 2.75) is 44.9 Å². The number of halogens is 3. The van der Waals surface area contributed by atoms with Crippen LogP contribution in [0.2, 0.25) is 0 Å². The Balaban J connectivity index is 0.00000243. The maximum Gasteiger partial charge on any atom is 0.175 e. The Kier molecular flexibility index (Phi) is 8.19. The van der Waals surface area contributed by atoms with Crippen LogP contribution in [0.3, 0.4) is 0 Å². The van der Waals surface area contributed by atoms with Gasteiger partial charge in [0, 0.05) is 18.2 Å². The van der Waals surface area contributed by atoms with Crippen molar-refractivity contribution in [1.82, 2.24) is 5.32 Å². The van der Waals surface area contributed by atoms with Gasteiger partial charge in [0.05, 0.1) is 11.6 Å². The zero-order valence-electron chi connectivity index (χ0n) is 14.8. The summed E-state index contributed by atoms with van der Waals surface area (Å²) >= 11 is 3.56. The first-order chi connectivity index (χ1) is 12.2. The Bertz CT molecular complexity index is 723. The second-order valence-corrected chi connectivity index (χ2v) is 7.21. The molecule has 2 aromatic carbocycles. The van der Waals surface area contributed by atoms with Crippen LogP contribution in [0.25, 0.3) is 0 Å². The van der Waals surface area contributed by atoms with E-state index in [4.69, 9.17) is 9.47 Å². The molecule has 1 aliphatic rings. The van der Waals surface area contributed by atoms with Crippen molar-refractivity contribution in [2.75, 3.05) is 7.11 Å². The van der Waals surface area contributed by atoms with E-state index in [2.05, 4.69) is 21.2 Å². The molecule has 26 heavy (non-hydrogen) atoms. The first-order valence-corrected chi connectivity index (χ1v) is 9.42. The van der Waals surface area contributed by atoms with Gasteiger partial charge in [-0.25, -0.2) is 4.39 Å². The lowest BCUT2D eigenvalue weighted by atomic mass is 10.1. The maximum atomic E-state index is 13.8. The highest BCUT2D eigenvalue weighted by molar-refractivity contribution is 9.10. The molecule has 1 fully saturated rings. The van der Waals surface area contributed by atoms with E-state index < -0.39 is 0 Å². The van der Waals surface area contributed by atoms with Gasteiger partial charge < -0.3 is 14.8 Å². The molecule has 0 spiro atoms. The fourth-order valence-corrected chi connectivity index (χ4v) is 3.78. The average molecular weight is 445 g/mol. The van der Waals surface area contributed by atoms with Crippen LogP contribution in [0.1, 0.15) is 36.8 Å². The standard InChI is InChI=1S/C20H23BrFNO2.ClH/c1-24-19-11-14(12-23-16-7-3-4-8-16)10-17(21)20(19)25-13-15-6-2-5-9-18(15)22;/h2,5-6,9-11,16,23H,3-4,7-8,12-13H2,1H3;1H. The van der Waals surface area contributed by atoms with Crippen LogP contribution >= 0.6 is 28.3 Å². The first kappa shape index (κ1) is 21.0. The zero-order valence-corrected chi connectivity index (χ0v) is 17.2. The quantitative estimate of drug-likeness (QED) is 0.600. The monoisotopic (exact) mass is 443 g/mol. The molecule has 142 valence electrons. The normalized spacial score (nSPS) is 14.1. The Morgan fingerprint density at radius 2 is 1.92 bits per heavy atom. The number of methoxy groups -OCH3 is 1. The van der Waals surface area contributed by atoms with Crippen molar-refractivity contribution in [1.29, 1.82) is 0 Å². The Morgan fingerprint density at radius 1 is 1.19 bits per heavy atom. The molecule has 1 saturated carbocycles. The second-order valence-electron chi connectivity index (χ2n) is 6.35. The van der Waals surface area contributed by atoms with E-state index in [1.165, 1.54) is 31.7 Å². The fourth-order valence-electron chi connectivity index (χ4n) is 3.17. The summed E-state index contributed by atoms with van der Waals surface area (Å²) < 4.78 is 25.9. The SMILES string of the molecule is COc1cc(CNC2CCCC2)cc(Br)c1OCc1ccccc1F.Cl. The highest BCUT2D eigenvalue weighted by atomic mass is 79.9. The number of ether oxygens (including phenoxy) is 2. The van der Waals surface area contributed by atoms with Crippen LogP contribution in [-0.2, 0) is 13.2 Å². The third-order valence-electron chi connectivity index (χ3n) is 4.57. The van der Waals surface area contributed by atoms with Crippen molar-refractivity contribution in [3.8, 4) is 11.5 Å². The molecule has 6 heteroatoms. The van der Waals surface area contributed by atoms with E-state index >= 15 is 0 Å². The highest BCUT2D eigenvalue weighted by Gasteiger charge is 2.16. The van der Waals surface area contributed by atoms with Gasteiger partial charge in [0.15, 0.2) is 11.5 Å². The molecule has 3 nitrogen and oxygen atoms in total. The van der Waals surface area contributed by atoms with E-state index in [1.54, 1.807) is 25.3 Å². The third kappa shape index (κ3) is 5.35. The number of rotatable bonds is 7. The highest BCUT2D eigenvalue weighted by Crippen LogP contribution is 2.37. The molecule has 0 heterocycles. The molecular weight excluding hydrogens is 421 g/mol. The lowest BCUT2D eigenvalue weighted by Crippen LogP contribution is -2.25. The number of benzene rings is 2. The molecule has 0 unspecified atom stereocenters. The van der Waals surface area contributed by atoms with Gasteiger partial charge in [-0.15, -0.1) is 12.4 Å². The minimum atomic E-state index is -0.269. The summed E-state index contributed by atoms with van der Waals surface area (Å²) in [6.45, 7) is 0.953. The minimum absolute atomic E-state index is 0. The summed E-state index contributed by atoms with van der Waals surface area (Å²) in [6.07, 6.45) is 5.13. The molecule has 0 radical (unpaired) electrons. The third-order valence-corrected chi connectivity index (χ3v) is 5.16. The molecule has 1 aliphatic carbocycles. The van der Waals surface area contributed by atoms with E-state index in [9.17, 15) is 4.39 Å². The maximum absolute atomic E-state index is 13.8. The predicted molar refractivity (Wildman–Crippen MR) is 108 cm³/mol. The molecule has 0 saturated heterocycles. The minimum Gasteiger partial charge on any atom is -0.493 e. The van der Waals surface area contributed by atoms with Gasteiger partial charge in [-0.3, -0.25) is 0 Å². The largest absolute Gasteiger partial charge is 0.493 e.